The van der Waals surface area contributed by atoms with Crippen LogP contribution in [0.5, 0.6) is 0 Å². The molecular formula is C23H19FN8O. The number of aryl methyl sites for hydroxylation is 1. The second-order valence-corrected chi connectivity index (χ2v) is 7.56. The lowest BCUT2D eigenvalue weighted by Gasteiger charge is -2.12. The van der Waals surface area contributed by atoms with Gasteiger partial charge in [-0.05, 0) is 48.0 Å². The lowest BCUT2D eigenvalue weighted by Crippen LogP contribution is -2.14. The minimum absolute atomic E-state index is 0.108. The Labute approximate surface area is 187 Å². The maximum atomic E-state index is 13.6. The van der Waals surface area contributed by atoms with Gasteiger partial charge >= 0.3 is 0 Å². The smallest absolute Gasteiger partial charge is 0.250 e. The van der Waals surface area contributed by atoms with Crippen molar-refractivity contribution in [3.05, 3.63) is 88.5 Å². The van der Waals surface area contributed by atoms with E-state index in [-0.39, 0.29) is 17.3 Å². The molecule has 0 fully saturated rings. The van der Waals surface area contributed by atoms with Crippen molar-refractivity contribution < 1.29 is 4.39 Å². The molecule has 164 valence electrons. The van der Waals surface area contributed by atoms with Crippen molar-refractivity contribution in [3.63, 3.8) is 0 Å². The van der Waals surface area contributed by atoms with Gasteiger partial charge in [0.25, 0.3) is 5.56 Å². The summed E-state index contributed by atoms with van der Waals surface area (Å²) in [4.78, 5) is 25.9. The zero-order chi connectivity index (χ0) is 23.1. The molecule has 33 heavy (non-hydrogen) atoms. The van der Waals surface area contributed by atoms with E-state index in [0.717, 1.165) is 0 Å². The highest BCUT2D eigenvalue weighted by Gasteiger charge is 2.21. The van der Waals surface area contributed by atoms with E-state index in [2.05, 4.69) is 15.1 Å². The third-order valence-electron chi connectivity index (χ3n) is 5.23. The zero-order valence-electron chi connectivity index (χ0n) is 17.6. The normalized spacial score (nSPS) is 11.2. The number of halogens is 1. The number of rotatable bonds is 4. The Hall–Kier alpha value is -4.60. The molecule has 9 nitrogen and oxygen atoms in total. The van der Waals surface area contributed by atoms with Gasteiger partial charge in [-0.3, -0.25) is 4.79 Å². The minimum Gasteiger partial charge on any atom is -0.384 e. The fourth-order valence-corrected chi connectivity index (χ4v) is 3.62. The monoisotopic (exact) mass is 442 g/mol. The molecule has 10 heteroatoms. The molecule has 0 aliphatic carbocycles. The van der Waals surface area contributed by atoms with Crippen LogP contribution in [0.4, 0.5) is 16.2 Å². The number of aromatic nitrogens is 6. The predicted molar refractivity (Wildman–Crippen MR) is 123 cm³/mol. The molecule has 0 aliphatic heterocycles. The number of benzene rings is 1. The van der Waals surface area contributed by atoms with Crippen LogP contribution in [0, 0.1) is 5.82 Å². The molecule has 0 unspecified atom stereocenters. The van der Waals surface area contributed by atoms with E-state index in [4.69, 9.17) is 16.5 Å². The van der Waals surface area contributed by atoms with Gasteiger partial charge in [0, 0.05) is 24.9 Å². The third kappa shape index (κ3) is 3.78. The molecule has 5 aromatic rings. The highest BCUT2D eigenvalue weighted by molar-refractivity contribution is 5.90. The van der Waals surface area contributed by atoms with E-state index in [0.29, 0.717) is 51.8 Å². The maximum absolute atomic E-state index is 13.6. The molecular weight excluding hydrogens is 423 g/mol. The summed E-state index contributed by atoms with van der Waals surface area (Å²) < 4.78 is 16.5. The summed E-state index contributed by atoms with van der Waals surface area (Å²) in [5.41, 5.74) is 15.2. The summed E-state index contributed by atoms with van der Waals surface area (Å²) in [5, 5.41) is 4.51. The molecule has 0 saturated heterocycles. The van der Waals surface area contributed by atoms with Crippen molar-refractivity contribution in [1.29, 1.82) is 0 Å². The number of fused-ring (bicyclic) bond motifs is 1. The third-order valence-corrected chi connectivity index (χ3v) is 5.23. The van der Waals surface area contributed by atoms with Crippen LogP contribution in [0.25, 0.3) is 28.0 Å². The van der Waals surface area contributed by atoms with Gasteiger partial charge in [0.2, 0.25) is 5.95 Å². The van der Waals surface area contributed by atoms with E-state index in [1.165, 1.54) is 27.3 Å². The Kier molecular flexibility index (Phi) is 4.82. The Balaban J connectivity index is 1.76. The Morgan fingerprint density at radius 3 is 2.48 bits per heavy atom. The second kappa shape index (κ2) is 7.83. The summed E-state index contributed by atoms with van der Waals surface area (Å²) in [6.45, 7) is 0. The number of pyridine rings is 2. The summed E-state index contributed by atoms with van der Waals surface area (Å²) >= 11 is 0. The largest absolute Gasteiger partial charge is 0.384 e. The van der Waals surface area contributed by atoms with E-state index in [1.54, 1.807) is 43.6 Å². The van der Waals surface area contributed by atoms with E-state index in [1.807, 2.05) is 6.07 Å². The number of nitrogens with two attached hydrogens (primary N) is 2. The van der Waals surface area contributed by atoms with Gasteiger partial charge in [-0.15, -0.1) is 5.10 Å². The average molecular weight is 442 g/mol. The first-order valence-corrected chi connectivity index (χ1v) is 10.1. The van der Waals surface area contributed by atoms with Crippen LogP contribution in [0.3, 0.4) is 0 Å². The van der Waals surface area contributed by atoms with E-state index in [9.17, 15) is 9.18 Å². The van der Waals surface area contributed by atoms with Crippen LogP contribution < -0.4 is 17.0 Å². The Morgan fingerprint density at radius 1 is 0.970 bits per heavy atom. The van der Waals surface area contributed by atoms with Gasteiger partial charge in [0.05, 0.1) is 23.4 Å². The first-order valence-electron chi connectivity index (χ1n) is 10.1. The van der Waals surface area contributed by atoms with Crippen LogP contribution in [-0.4, -0.2) is 29.1 Å². The van der Waals surface area contributed by atoms with Crippen LogP contribution in [0.15, 0.2) is 65.6 Å². The summed E-state index contributed by atoms with van der Waals surface area (Å²) in [6, 6.07) is 14.5. The van der Waals surface area contributed by atoms with Crippen molar-refractivity contribution in [2.75, 3.05) is 11.5 Å². The quantitative estimate of drug-likeness (QED) is 0.437. The first-order chi connectivity index (χ1) is 15.9. The molecule has 4 N–H and O–H groups in total. The van der Waals surface area contributed by atoms with Crippen molar-refractivity contribution in [2.24, 2.45) is 7.05 Å². The fraction of sp³-hybridized carbons (Fsp3) is 0.0870. The topological polar surface area (TPSA) is 130 Å². The molecule has 0 radical (unpaired) electrons. The molecule has 0 amide bonds. The standard InChI is InChI=1S/C23H19FN8O/c1-31-10-9-14(11-19(31)33)20-21(13-5-7-15(24)8-6-13)29-23(26)32-22(20)28-18(30-32)12-16-3-2-4-17(25)27-16/h2-11H,12H2,1H3,(H2,25,27)(H2,26,29). The van der Waals surface area contributed by atoms with Gasteiger partial charge in [-0.1, -0.05) is 6.07 Å². The Bertz CT molecular complexity index is 1560. The highest BCUT2D eigenvalue weighted by Crippen LogP contribution is 2.34. The van der Waals surface area contributed by atoms with Crippen LogP contribution in [-0.2, 0) is 13.5 Å². The lowest BCUT2D eigenvalue weighted by molar-refractivity contribution is 0.628. The van der Waals surface area contributed by atoms with E-state index < -0.39 is 0 Å². The van der Waals surface area contributed by atoms with Gasteiger partial charge < -0.3 is 16.0 Å². The van der Waals surface area contributed by atoms with Crippen molar-refractivity contribution in [3.8, 4) is 22.4 Å². The van der Waals surface area contributed by atoms with Crippen LogP contribution in [0.2, 0.25) is 0 Å². The number of hydrogen-bond acceptors (Lipinski definition) is 7. The van der Waals surface area contributed by atoms with Crippen LogP contribution in [0.1, 0.15) is 11.5 Å². The summed E-state index contributed by atoms with van der Waals surface area (Å²) in [6.07, 6.45) is 1.99. The lowest BCUT2D eigenvalue weighted by atomic mass is 10.0. The molecule has 4 heterocycles. The van der Waals surface area contributed by atoms with Gasteiger partial charge in [0.15, 0.2) is 11.5 Å². The van der Waals surface area contributed by atoms with E-state index >= 15 is 0 Å². The predicted octanol–water partition coefficient (Wildman–Crippen LogP) is 2.45. The molecule has 0 bridgehead atoms. The summed E-state index contributed by atoms with van der Waals surface area (Å²) in [5.74, 6) is 0.596. The SMILES string of the molecule is Cn1ccc(-c2c(-c3ccc(F)cc3)nc(N)n3nc(Cc4cccc(N)n4)nc23)cc1=O. The number of anilines is 2. The summed E-state index contributed by atoms with van der Waals surface area (Å²) in [7, 11) is 1.66. The van der Waals surface area contributed by atoms with Crippen molar-refractivity contribution >= 4 is 17.4 Å². The number of nitrogens with zero attached hydrogens (tertiary/aromatic N) is 6. The second-order valence-electron chi connectivity index (χ2n) is 7.56. The van der Waals surface area contributed by atoms with Crippen molar-refractivity contribution in [2.45, 2.75) is 6.42 Å². The molecule has 0 aliphatic rings. The highest BCUT2D eigenvalue weighted by atomic mass is 19.1. The van der Waals surface area contributed by atoms with Gasteiger partial charge in [0.1, 0.15) is 11.6 Å². The molecule has 4 aromatic heterocycles. The zero-order valence-corrected chi connectivity index (χ0v) is 17.6. The first kappa shape index (κ1) is 20.3. The molecule has 0 saturated carbocycles. The van der Waals surface area contributed by atoms with Gasteiger partial charge in [-0.2, -0.15) is 4.52 Å². The molecule has 5 rings (SSSR count). The minimum atomic E-state index is -0.373. The molecule has 1 aromatic carbocycles. The maximum Gasteiger partial charge on any atom is 0.250 e. The van der Waals surface area contributed by atoms with Crippen LogP contribution >= 0.6 is 0 Å². The Morgan fingerprint density at radius 2 is 1.76 bits per heavy atom. The van der Waals surface area contributed by atoms with Crippen molar-refractivity contribution in [1.82, 2.24) is 29.1 Å². The number of nitrogen functional groups attached to an aromatic ring is 2. The van der Waals surface area contributed by atoms with Gasteiger partial charge in [-0.25, -0.2) is 19.3 Å². The fourth-order valence-electron chi connectivity index (χ4n) is 3.62. The molecule has 0 spiro atoms. The average Bonchev–Trinajstić information content (AvgIpc) is 3.20. The number of hydrogen-bond donors (Lipinski definition) is 2. The molecule has 0 atom stereocenters.